The molecule has 6 heteroatoms. The van der Waals surface area contributed by atoms with E-state index in [2.05, 4.69) is 0 Å². The fraction of sp³-hybridized carbons (Fsp3) is 1.00. The van der Waals surface area contributed by atoms with E-state index in [1.807, 2.05) is 0 Å². The summed E-state index contributed by atoms with van der Waals surface area (Å²) in [5.41, 5.74) is 0. The summed E-state index contributed by atoms with van der Waals surface area (Å²) in [4.78, 5) is 0. The van der Waals surface area contributed by atoms with Gasteiger partial charge in [0.05, 0.1) is 6.61 Å². The van der Waals surface area contributed by atoms with Crippen LogP contribution in [-0.4, -0.2) is 64.8 Å². The highest BCUT2D eigenvalue weighted by Crippen LogP contribution is 2.21. The molecule has 1 aliphatic heterocycles. The molecule has 0 radical (unpaired) electrons. The van der Waals surface area contributed by atoms with Crippen LogP contribution in [0.25, 0.3) is 0 Å². The molecule has 0 aromatic carbocycles. The second kappa shape index (κ2) is 4.32. The molecule has 1 rings (SSSR count). The van der Waals surface area contributed by atoms with Crippen molar-refractivity contribution >= 4 is 0 Å². The van der Waals surface area contributed by atoms with Crippen LogP contribution in [0, 0.1) is 0 Å². The maximum Gasteiger partial charge on any atom is 0.184 e. The standard InChI is InChI=1S/C7H14O6/c1-12-6-5(10)4(9)3(2-8)13-7(6)11/h3-11H,2H2,1H3/t3-,4-,5+,6-,7+/m1/s1. The van der Waals surface area contributed by atoms with Crippen molar-refractivity contribution in [1.82, 2.24) is 0 Å². The zero-order valence-corrected chi connectivity index (χ0v) is 7.20. The fourth-order valence-electron chi connectivity index (χ4n) is 1.33. The molecule has 6 nitrogen and oxygen atoms in total. The van der Waals surface area contributed by atoms with Crippen LogP contribution in [0.15, 0.2) is 0 Å². The molecule has 0 aromatic heterocycles. The lowest BCUT2D eigenvalue weighted by Gasteiger charge is -2.39. The van der Waals surface area contributed by atoms with Crippen molar-refractivity contribution in [2.45, 2.75) is 30.7 Å². The van der Waals surface area contributed by atoms with Crippen molar-refractivity contribution in [1.29, 1.82) is 0 Å². The Labute approximate surface area is 75.3 Å². The summed E-state index contributed by atoms with van der Waals surface area (Å²) in [7, 11) is 1.28. The van der Waals surface area contributed by atoms with E-state index in [4.69, 9.17) is 14.6 Å². The van der Waals surface area contributed by atoms with Gasteiger partial charge in [0.2, 0.25) is 0 Å². The topological polar surface area (TPSA) is 99.4 Å². The number of hydrogen-bond donors (Lipinski definition) is 4. The number of hydrogen-bond acceptors (Lipinski definition) is 6. The molecule has 1 heterocycles. The third-order valence-corrected chi connectivity index (χ3v) is 2.11. The van der Waals surface area contributed by atoms with Gasteiger partial charge in [0.1, 0.15) is 24.4 Å². The Morgan fingerprint density at radius 2 is 1.85 bits per heavy atom. The minimum atomic E-state index is -1.33. The van der Waals surface area contributed by atoms with Crippen molar-refractivity contribution in [3.63, 3.8) is 0 Å². The zero-order valence-electron chi connectivity index (χ0n) is 7.20. The van der Waals surface area contributed by atoms with Crippen LogP contribution in [0.1, 0.15) is 0 Å². The normalized spacial score (nSPS) is 46.4. The molecular formula is C7H14O6. The van der Waals surface area contributed by atoms with E-state index in [9.17, 15) is 15.3 Å². The first-order chi connectivity index (χ1) is 6.11. The van der Waals surface area contributed by atoms with Crippen LogP contribution in [0.2, 0.25) is 0 Å². The van der Waals surface area contributed by atoms with Gasteiger partial charge < -0.3 is 29.9 Å². The number of ether oxygens (including phenoxy) is 2. The predicted molar refractivity (Wildman–Crippen MR) is 40.8 cm³/mol. The van der Waals surface area contributed by atoms with E-state index in [1.165, 1.54) is 7.11 Å². The Morgan fingerprint density at radius 3 is 2.31 bits per heavy atom. The number of aliphatic hydroxyl groups is 4. The second-order valence-corrected chi connectivity index (χ2v) is 2.93. The van der Waals surface area contributed by atoms with Crippen molar-refractivity contribution in [3.8, 4) is 0 Å². The summed E-state index contributed by atoms with van der Waals surface area (Å²) in [6.07, 6.45) is -5.81. The maximum atomic E-state index is 9.38. The number of aliphatic hydroxyl groups excluding tert-OH is 4. The summed E-state index contributed by atoms with van der Waals surface area (Å²) in [6, 6.07) is 0. The Bertz CT molecular complexity index is 163. The van der Waals surface area contributed by atoms with Crippen molar-refractivity contribution in [2.24, 2.45) is 0 Å². The molecule has 0 saturated carbocycles. The molecular weight excluding hydrogens is 180 g/mol. The maximum absolute atomic E-state index is 9.38. The van der Waals surface area contributed by atoms with Crippen LogP contribution >= 0.6 is 0 Å². The molecule has 0 amide bonds. The smallest absolute Gasteiger partial charge is 0.184 e. The fourth-order valence-corrected chi connectivity index (χ4v) is 1.33. The summed E-state index contributed by atoms with van der Waals surface area (Å²) in [5, 5.41) is 36.7. The van der Waals surface area contributed by atoms with E-state index in [0.717, 1.165) is 0 Å². The Kier molecular flexibility index (Phi) is 3.60. The van der Waals surface area contributed by atoms with Gasteiger partial charge in [-0.3, -0.25) is 0 Å². The van der Waals surface area contributed by atoms with Crippen molar-refractivity contribution < 1.29 is 29.9 Å². The van der Waals surface area contributed by atoms with Gasteiger partial charge in [0.15, 0.2) is 6.29 Å². The van der Waals surface area contributed by atoms with Gasteiger partial charge in [-0.1, -0.05) is 0 Å². The Morgan fingerprint density at radius 1 is 1.23 bits per heavy atom. The molecule has 0 bridgehead atoms. The van der Waals surface area contributed by atoms with Gasteiger partial charge in [-0.05, 0) is 0 Å². The first kappa shape index (κ1) is 10.8. The minimum Gasteiger partial charge on any atom is -0.394 e. The number of rotatable bonds is 2. The van der Waals surface area contributed by atoms with E-state index >= 15 is 0 Å². The van der Waals surface area contributed by atoms with E-state index in [0.29, 0.717) is 0 Å². The van der Waals surface area contributed by atoms with Gasteiger partial charge in [-0.25, -0.2) is 0 Å². The van der Waals surface area contributed by atoms with Gasteiger partial charge in [0.25, 0.3) is 0 Å². The number of methoxy groups -OCH3 is 1. The third kappa shape index (κ3) is 1.98. The summed E-state index contributed by atoms with van der Waals surface area (Å²) < 4.78 is 9.50. The molecule has 1 saturated heterocycles. The average molecular weight is 194 g/mol. The predicted octanol–water partition coefficient (Wildman–Crippen LogP) is -2.57. The zero-order chi connectivity index (χ0) is 10.0. The van der Waals surface area contributed by atoms with Crippen LogP contribution in [0.4, 0.5) is 0 Å². The van der Waals surface area contributed by atoms with Gasteiger partial charge in [-0.15, -0.1) is 0 Å². The van der Waals surface area contributed by atoms with Crippen molar-refractivity contribution in [3.05, 3.63) is 0 Å². The molecule has 4 N–H and O–H groups in total. The largest absolute Gasteiger partial charge is 0.394 e. The third-order valence-electron chi connectivity index (χ3n) is 2.11. The molecule has 0 unspecified atom stereocenters. The molecule has 0 aromatic rings. The highest BCUT2D eigenvalue weighted by molar-refractivity contribution is 4.88. The first-order valence-corrected chi connectivity index (χ1v) is 3.95. The SMILES string of the molecule is CO[C@@H]1[C@@H](O)[C@H](O)[C@@H](CO)O[C@@H]1O. The monoisotopic (exact) mass is 194 g/mol. The summed E-state index contributed by atoms with van der Waals surface area (Å²) in [5.74, 6) is 0. The lowest BCUT2D eigenvalue weighted by atomic mass is 9.99. The second-order valence-electron chi connectivity index (χ2n) is 2.93. The quantitative estimate of drug-likeness (QED) is 0.386. The van der Waals surface area contributed by atoms with Crippen LogP contribution in [-0.2, 0) is 9.47 Å². The summed E-state index contributed by atoms with van der Waals surface area (Å²) >= 11 is 0. The van der Waals surface area contributed by atoms with Crippen LogP contribution < -0.4 is 0 Å². The van der Waals surface area contributed by atoms with Gasteiger partial charge >= 0.3 is 0 Å². The molecule has 5 atom stereocenters. The minimum absolute atomic E-state index is 0.467. The molecule has 1 aliphatic rings. The van der Waals surface area contributed by atoms with E-state index < -0.39 is 37.3 Å². The summed E-state index contributed by atoms with van der Waals surface area (Å²) in [6.45, 7) is -0.467. The van der Waals surface area contributed by atoms with Crippen LogP contribution in [0.5, 0.6) is 0 Å². The first-order valence-electron chi connectivity index (χ1n) is 3.95. The molecule has 0 aliphatic carbocycles. The Balaban J connectivity index is 2.66. The molecule has 78 valence electrons. The lowest BCUT2D eigenvalue weighted by molar-refractivity contribution is -0.291. The van der Waals surface area contributed by atoms with Gasteiger partial charge in [-0.2, -0.15) is 0 Å². The average Bonchev–Trinajstić information content (AvgIpc) is 2.12. The van der Waals surface area contributed by atoms with Gasteiger partial charge in [0, 0.05) is 7.11 Å². The Hall–Kier alpha value is -0.240. The van der Waals surface area contributed by atoms with Crippen molar-refractivity contribution in [2.75, 3.05) is 13.7 Å². The molecule has 0 spiro atoms. The van der Waals surface area contributed by atoms with Crippen LogP contribution in [0.3, 0.4) is 0 Å². The lowest BCUT2D eigenvalue weighted by Crippen LogP contribution is -2.59. The highest BCUT2D eigenvalue weighted by Gasteiger charge is 2.43. The van der Waals surface area contributed by atoms with E-state index in [-0.39, 0.29) is 0 Å². The van der Waals surface area contributed by atoms with E-state index in [1.54, 1.807) is 0 Å². The highest BCUT2D eigenvalue weighted by atomic mass is 16.7. The molecule has 1 fully saturated rings. The molecule has 13 heavy (non-hydrogen) atoms.